The van der Waals surface area contributed by atoms with E-state index in [1.165, 1.54) is 66.6 Å². The molecule has 0 fully saturated rings. The van der Waals surface area contributed by atoms with Crippen LogP contribution in [0.3, 0.4) is 0 Å². The Labute approximate surface area is 252 Å². The molecule has 5 rings (SSSR count). The van der Waals surface area contributed by atoms with Crippen molar-refractivity contribution in [1.82, 2.24) is 19.9 Å². The molecule has 8 bridgehead atoms. The summed E-state index contributed by atoms with van der Waals surface area (Å²) in [7, 11) is 0. The summed E-state index contributed by atoms with van der Waals surface area (Å²) in [5, 5.41) is 0. The van der Waals surface area contributed by atoms with Gasteiger partial charge in [0.2, 0.25) is 0 Å². The van der Waals surface area contributed by atoms with Crippen molar-refractivity contribution in [1.29, 1.82) is 0 Å². The Bertz CT molecular complexity index is 1440. The van der Waals surface area contributed by atoms with Gasteiger partial charge in [0, 0.05) is 22.1 Å². The normalized spacial score (nSPS) is 13.3. The van der Waals surface area contributed by atoms with Gasteiger partial charge < -0.3 is 9.97 Å². The molecule has 0 aromatic carbocycles. The van der Waals surface area contributed by atoms with Gasteiger partial charge in [-0.05, 0) is 120 Å². The highest BCUT2D eigenvalue weighted by atomic mass is 35.5. The second kappa shape index (κ2) is 12.8. The number of nitrogens with one attached hydrogen (secondary N) is 2. The van der Waals surface area contributed by atoms with Gasteiger partial charge in [0.15, 0.2) is 0 Å². The molecule has 0 amide bonds. The first kappa shape index (κ1) is 30.8. The minimum Gasteiger partial charge on any atom is -0.355 e. The maximum Gasteiger partial charge on any atom is 0.0693 e. The first-order valence-corrected chi connectivity index (χ1v) is 15.7. The van der Waals surface area contributed by atoms with Gasteiger partial charge in [0.25, 0.3) is 0 Å². The summed E-state index contributed by atoms with van der Waals surface area (Å²) < 4.78 is 0. The SMILES string of the molecule is CCC1=C(CC)c2cc3[nH]c(cc4nc(cc5[nH]c(cc1n2)c(CC)c5CC)C(CC)=C4CC)c(CC)c3CC.Cl. The standard InChI is InChI=1S/C36H46N4.ClH/c1-9-21-22(10-2)30-18-32-25(13-5)26(14-6)34(39-32)20-36-28(16-8)27(15-7)35(40-36)19-33-24(12-4)23(11-3)31(38-33)17-29(21)37-30;/h17-20,37,40H,9-16H2,1-8H3;1H. The molecular weight excluding hydrogens is 524 g/mol. The molecule has 4 nitrogen and oxygen atoms in total. The largest absolute Gasteiger partial charge is 0.355 e. The van der Waals surface area contributed by atoms with E-state index in [0.29, 0.717) is 0 Å². The molecule has 0 unspecified atom stereocenters. The maximum atomic E-state index is 5.29. The Morgan fingerprint density at radius 2 is 0.610 bits per heavy atom. The zero-order valence-corrected chi connectivity index (χ0v) is 27.1. The van der Waals surface area contributed by atoms with E-state index < -0.39 is 0 Å². The van der Waals surface area contributed by atoms with Crippen molar-refractivity contribution in [3.63, 3.8) is 0 Å². The number of fused-ring (bicyclic) bond motifs is 8. The molecule has 0 aliphatic carbocycles. The lowest BCUT2D eigenvalue weighted by Gasteiger charge is -2.03. The lowest BCUT2D eigenvalue weighted by Crippen LogP contribution is -1.87. The van der Waals surface area contributed by atoms with E-state index in [4.69, 9.17) is 9.97 Å². The minimum atomic E-state index is 0. The summed E-state index contributed by atoms with van der Waals surface area (Å²) in [5.41, 5.74) is 20.2. The van der Waals surface area contributed by atoms with E-state index in [2.05, 4.69) is 89.6 Å². The van der Waals surface area contributed by atoms with Crippen molar-refractivity contribution in [3.8, 4) is 0 Å². The van der Waals surface area contributed by atoms with Gasteiger partial charge in [0.1, 0.15) is 0 Å². The van der Waals surface area contributed by atoms with E-state index in [1.54, 1.807) is 0 Å². The predicted octanol–water partition coefficient (Wildman–Crippen LogP) is 10.4. The third-order valence-electron chi connectivity index (χ3n) is 8.97. The lowest BCUT2D eigenvalue weighted by atomic mass is 9.98. The van der Waals surface area contributed by atoms with E-state index in [9.17, 15) is 0 Å². The van der Waals surface area contributed by atoms with Crippen LogP contribution in [0.4, 0.5) is 0 Å². The average molecular weight is 571 g/mol. The number of hydrogen-bond acceptors (Lipinski definition) is 2. The van der Waals surface area contributed by atoms with Crippen LogP contribution < -0.4 is 0 Å². The van der Waals surface area contributed by atoms with Gasteiger partial charge in [-0.25, -0.2) is 9.97 Å². The van der Waals surface area contributed by atoms with E-state index in [0.717, 1.165) is 74.1 Å². The molecule has 0 saturated heterocycles. The quantitative estimate of drug-likeness (QED) is 0.283. The molecule has 5 heterocycles. The van der Waals surface area contributed by atoms with Crippen molar-refractivity contribution < 1.29 is 0 Å². The molecule has 2 N–H and O–H groups in total. The van der Waals surface area contributed by atoms with Gasteiger partial charge in [-0.3, -0.25) is 0 Å². The predicted molar refractivity (Wildman–Crippen MR) is 181 cm³/mol. The molecule has 2 aliphatic heterocycles. The molecule has 3 aromatic rings. The Kier molecular flexibility index (Phi) is 9.64. The first-order valence-electron chi connectivity index (χ1n) is 15.7. The van der Waals surface area contributed by atoms with Crippen molar-refractivity contribution in [2.24, 2.45) is 0 Å². The van der Waals surface area contributed by atoms with Gasteiger partial charge in [-0.2, -0.15) is 0 Å². The van der Waals surface area contributed by atoms with Crippen LogP contribution in [-0.4, -0.2) is 19.9 Å². The lowest BCUT2D eigenvalue weighted by molar-refractivity contribution is 1.07. The molecule has 0 saturated carbocycles. The summed E-state index contributed by atoms with van der Waals surface area (Å²) in [6.45, 7) is 18.1. The van der Waals surface area contributed by atoms with Crippen molar-refractivity contribution in [2.75, 3.05) is 0 Å². The molecule has 2 aliphatic rings. The van der Waals surface area contributed by atoms with E-state index >= 15 is 0 Å². The molecule has 218 valence electrons. The van der Waals surface area contributed by atoms with Crippen LogP contribution in [0.15, 0.2) is 24.3 Å². The number of aromatic nitrogens is 4. The van der Waals surface area contributed by atoms with Crippen molar-refractivity contribution in [2.45, 2.75) is 107 Å². The molecule has 0 atom stereocenters. The Morgan fingerprint density at radius 1 is 0.390 bits per heavy atom. The molecule has 3 aromatic heterocycles. The molecule has 41 heavy (non-hydrogen) atoms. The number of rotatable bonds is 8. The molecule has 5 heteroatoms. The number of nitrogens with zero attached hydrogens (tertiary/aromatic N) is 2. The highest BCUT2D eigenvalue weighted by Crippen LogP contribution is 2.38. The van der Waals surface area contributed by atoms with Gasteiger partial charge >= 0.3 is 0 Å². The van der Waals surface area contributed by atoms with Crippen LogP contribution >= 0.6 is 12.4 Å². The fraction of sp³-hybridized carbons (Fsp3) is 0.444. The third kappa shape index (κ3) is 5.20. The van der Waals surface area contributed by atoms with Gasteiger partial charge in [0.05, 0.1) is 22.8 Å². The van der Waals surface area contributed by atoms with E-state index in [1.807, 2.05) is 0 Å². The highest BCUT2D eigenvalue weighted by Gasteiger charge is 2.21. The number of aryl methyl sites for hydroxylation is 4. The molecule has 0 spiro atoms. The first-order chi connectivity index (χ1) is 19.5. The fourth-order valence-electron chi connectivity index (χ4n) is 7.10. The number of aromatic amines is 2. The number of hydrogen-bond donors (Lipinski definition) is 2. The fourth-order valence-corrected chi connectivity index (χ4v) is 7.10. The number of allylic oxidation sites excluding steroid dienone is 4. The highest BCUT2D eigenvalue weighted by molar-refractivity contribution is 5.95. The Hall–Kier alpha value is -3.11. The van der Waals surface area contributed by atoms with Crippen LogP contribution in [0, 0.1) is 0 Å². The zero-order valence-electron chi connectivity index (χ0n) is 26.3. The molecule has 0 radical (unpaired) electrons. The second-order valence-corrected chi connectivity index (χ2v) is 10.9. The minimum absolute atomic E-state index is 0. The Morgan fingerprint density at radius 3 is 0.780 bits per heavy atom. The van der Waals surface area contributed by atoms with Crippen molar-refractivity contribution >= 4 is 56.8 Å². The third-order valence-corrected chi connectivity index (χ3v) is 8.97. The summed E-state index contributed by atoms with van der Waals surface area (Å²) >= 11 is 0. The monoisotopic (exact) mass is 570 g/mol. The van der Waals surface area contributed by atoms with Crippen LogP contribution in [0.25, 0.3) is 44.4 Å². The summed E-state index contributed by atoms with van der Waals surface area (Å²) in [6, 6.07) is 9.24. The number of H-pyrrole nitrogens is 2. The average Bonchev–Trinajstić information content (AvgIpc) is 3.67. The van der Waals surface area contributed by atoms with Crippen LogP contribution in [-0.2, 0) is 25.7 Å². The number of halogens is 1. The zero-order chi connectivity index (χ0) is 28.6. The summed E-state index contributed by atoms with van der Waals surface area (Å²) in [6.07, 6.45) is 7.84. The topological polar surface area (TPSA) is 57.4 Å². The van der Waals surface area contributed by atoms with E-state index in [-0.39, 0.29) is 12.4 Å². The molecular formula is C36H47ClN4. The van der Waals surface area contributed by atoms with Crippen LogP contribution in [0.1, 0.15) is 126 Å². The second-order valence-electron chi connectivity index (χ2n) is 10.9. The maximum absolute atomic E-state index is 5.29. The van der Waals surface area contributed by atoms with Gasteiger partial charge in [-0.1, -0.05) is 55.4 Å². The van der Waals surface area contributed by atoms with Gasteiger partial charge in [-0.15, -0.1) is 12.4 Å². The Balaban J connectivity index is 0.00000387. The summed E-state index contributed by atoms with van der Waals surface area (Å²) in [4.78, 5) is 18.2. The smallest absolute Gasteiger partial charge is 0.0693 e. The van der Waals surface area contributed by atoms with Crippen molar-refractivity contribution in [3.05, 3.63) is 69.3 Å². The summed E-state index contributed by atoms with van der Waals surface area (Å²) in [5.74, 6) is 0. The van der Waals surface area contributed by atoms with Crippen LogP contribution in [0.2, 0.25) is 0 Å². The van der Waals surface area contributed by atoms with Crippen LogP contribution in [0.5, 0.6) is 0 Å².